The molecule has 0 aliphatic rings. The zero-order valence-corrected chi connectivity index (χ0v) is 9.80. The Labute approximate surface area is 97.4 Å². The van der Waals surface area contributed by atoms with Crippen LogP contribution < -0.4 is 0 Å². The number of unbranched alkanes of at least 4 members (excludes halogenated alkanes) is 1. The molecule has 0 radical (unpaired) electrons. The van der Waals surface area contributed by atoms with E-state index in [1.807, 2.05) is 0 Å². The van der Waals surface area contributed by atoms with E-state index in [1.165, 1.54) is 6.07 Å². The van der Waals surface area contributed by atoms with Gasteiger partial charge in [-0.3, -0.25) is 0 Å². The molecule has 0 bridgehead atoms. The van der Waals surface area contributed by atoms with Crippen LogP contribution in [0.25, 0.3) is 0 Å². The Morgan fingerprint density at radius 1 is 1.53 bits per heavy atom. The molecule has 1 N–H and O–H groups in total. The van der Waals surface area contributed by atoms with E-state index in [4.69, 9.17) is 6.42 Å². The predicted octanol–water partition coefficient (Wildman–Crippen LogP) is 3.43. The minimum absolute atomic E-state index is 0.358. The minimum Gasteiger partial charge on any atom is -0.388 e. The molecule has 1 aromatic rings. The molecular formula is C12H12BrFO. The van der Waals surface area contributed by atoms with Crippen molar-refractivity contribution in [2.24, 2.45) is 0 Å². The van der Waals surface area contributed by atoms with Crippen LogP contribution in [-0.4, -0.2) is 5.11 Å². The number of aliphatic hydroxyl groups excluding tert-OH is 1. The zero-order valence-electron chi connectivity index (χ0n) is 8.21. The normalized spacial score (nSPS) is 12.1. The van der Waals surface area contributed by atoms with E-state index in [0.29, 0.717) is 22.9 Å². The van der Waals surface area contributed by atoms with Gasteiger partial charge in [-0.2, -0.15) is 0 Å². The third-order valence-electron chi connectivity index (χ3n) is 2.13. The second-order valence-electron chi connectivity index (χ2n) is 3.29. The summed E-state index contributed by atoms with van der Waals surface area (Å²) in [5.74, 6) is 2.14. The van der Waals surface area contributed by atoms with E-state index in [9.17, 15) is 9.50 Å². The molecule has 1 nitrogen and oxygen atoms in total. The molecule has 0 amide bonds. The van der Waals surface area contributed by atoms with Crippen molar-refractivity contribution in [2.45, 2.75) is 25.4 Å². The zero-order chi connectivity index (χ0) is 11.3. The Morgan fingerprint density at radius 3 is 2.87 bits per heavy atom. The lowest BCUT2D eigenvalue weighted by Gasteiger charge is -2.10. The third-order valence-corrected chi connectivity index (χ3v) is 2.77. The van der Waals surface area contributed by atoms with Gasteiger partial charge in [-0.25, -0.2) is 4.39 Å². The van der Waals surface area contributed by atoms with Gasteiger partial charge >= 0.3 is 0 Å². The molecule has 1 rings (SSSR count). The molecule has 0 aromatic heterocycles. The number of aliphatic hydroxyl groups is 1. The van der Waals surface area contributed by atoms with Crippen LogP contribution in [0.4, 0.5) is 4.39 Å². The molecule has 0 aliphatic heterocycles. The summed E-state index contributed by atoms with van der Waals surface area (Å²) in [5, 5.41) is 9.71. The molecule has 0 saturated heterocycles. The van der Waals surface area contributed by atoms with Crippen LogP contribution in [0.3, 0.4) is 0 Å². The van der Waals surface area contributed by atoms with Crippen molar-refractivity contribution >= 4 is 15.9 Å². The fourth-order valence-electron chi connectivity index (χ4n) is 1.28. The number of halogens is 2. The number of rotatable bonds is 4. The standard InChI is InChI=1S/C12H12BrFO/c1-2-3-4-5-12(15)9-6-7-10(13)11(14)8-9/h1,6-8,12,15H,3-5H2. The lowest BCUT2D eigenvalue weighted by Crippen LogP contribution is -1.98. The molecule has 0 saturated carbocycles. The lowest BCUT2D eigenvalue weighted by molar-refractivity contribution is 0.164. The quantitative estimate of drug-likeness (QED) is 0.657. The summed E-state index contributed by atoms with van der Waals surface area (Å²) < 4.78 is 13.5. The SMILES string of the molecule is C#CCCCC(O)c1ccc(Br)c(F)c1. The van der Waals surface area contributed by atoms with Crippen LogP contribution in [-0.2, 0) is 0 Å². The van der Waals surface area contributed by atoms with E-state index in [2.05, 4.69) is 21.9 Å². The second kappa shape index (κ2) is 5.89. The highest BCUT2D eigenvalue weighted by Gasteiger charge is 2.09. The number of benzene rings is 1. The maximum absolute atomic E-state index is 13.1. The number of hydrogen-bond acceptors (Lipinski definition) is 1. The van der Waals surface area contributed by atoms with E-state index >= 15 is 0 Å². The van der Waals surface area contributed by atoms with Gasteiger partial charge in [0.25, 0.3) is 0 Å². The summed E-state index contributed by atoms with van der Waals surface area (Å²) in [6.07, 6.45) is 6.40. The summed E-state index contributed by atoms with van der Waals surface area (Å²) in [4.78, 5) is 0. The van der Waals surface area contributed by atoms with Crippen molar-refractivity contribution in [2.75, 3.05) is 0 Å². The predicted molar refractivity (Wildman–Crippen MR) is 61.7 cm³/mol. The molecule has 0 aliphatic carbocycles. The highest BCUT2D eigenvalue weighted by molar-refractivity contribution is 9.10. The first kappa shape index (κ1) is 12.2. The van der Waals surface area contributed by atoms with Gasteiger partial charge in [0.15, 0.2) is 0 Å². The van der Waals surface area contributed by atoms with Gasteiger partial charge < -0.3 is 5.11 Å². The lowest BCUT2D eigenvalue weighted by atomic mass is 10.0. The molecule has 0 fully saturated rings. The van der Waals surface area contributed by atoms with Crippen molar-refractivity contribution in [3.05, 3.63) is 34.1 Å². The van der Waals surface area contributed by atoms with E-state index < -0.39 is 6.10 Å². The molecule has 0 spiro atoms. The summed E-state index contributed by atoms with van der Waals surface area (Å²) in [5.41, 5.74) is 0.590. The molecular weight excluding hydrogens is 259 g/mol. The van der Waals surface area contributed by atoms with Gasteiger partial charge in [-0.15, -0.1) is 12.3 Å². The van der Waals surface area contributed by atoms with Crippen LogP contribution in [0, 0.1) is 18.2 Å². The monoisotopic (exact) mass is 270 g/mol. The van der Waals surface area contributed by atoms with Crippen LogP contribution >= 0.6 is 15.9 Å². The first-order valence-corrected chi connectivity index (χ1v) is 5.51. The molecule has 1 unspecified atom stereocenters. The third kappa shape index (κ3) is 3.65. The van der Waals surface area contributed by atoms with Crippen LogP contribution in [0.5, 0.6) is 0 Å². The van der Waals surface area contributed by atoms with Crippen LogP contribution in [0.15, 0.2) is 22.7 Å². The average molecular weight is 271 g/mol. The van der Waals surface area contributed by atoms with E-state index in [1.54, 1.807) is 12.1 Å². The van der Waals surface area contributed by atoms with Gasteiger partial charge in [-0.05, 0) is 46.5 Å². The first-order valence-electron chi connectivity index (χ1n) is 4.71. The smallest absolute Gasteiger partial charge is 0.137 e. The minimum atomic E-state index is -0.638. The summed E-state index contributed by atoms with van der Waals surface area (Å²) in [6.45, 7) is 0. The second-order valence-corrected chi connectivity index (χ2v) is 4.14. The largest absolute Gasteiger partial charge is 0.388 e. The Bertz CT molecular complexity index is 370. The Morgan fingerprint density at radius 2 is 2.27 bits per heavy atom. The Balaban J connectivity index is 2.62. The van der Waals surface area contributed by atoms with Crippen molar-refractivity contribution in [1.29, 1.82) is 0 Å². The van der Waals surface area contributed by atoms with Crippen molar-refractivity contribution in [1.82, 2.24) is 0 Å². The highest BCUT2D eigenvalue weighted by Crippen LogP contribution is 2.23. The summed E-state index contributed by atoms with van der Waals surface area (Å²) in [6, 6.07) is 4.63. The topological polar surface area (TPSA) is 20.2 Å². The van der Waals surface area contributed by atoms with Gasteiger partial charge in [0, 0.05) is 6.42 Å². The maximum Gasteiger partial charge on any atom is 0.137 e. The maximum atomic E-state index is 13.1. The number of terminal acetylenes is 1. The Kier molecular flexibility index (Phi) is 4.80. The van der Waals surface area contributed by atoms with Gasteiger partial charge in [0.1, 0.15) is 5.82 Å². The fourth-order valence-corrected chi connectivity index (χ4v) is 1.53. The van der Waals surface area contributed by atoms with Crippen molar-refractivity contribution in [3.8, 4) is 12.3 Å². The van der Waals surface area contributed by atoms with Crippen molar-refractivity contribution < 1.29 is 9.50 Å². The highest BCUT2D eigenvalue weighted by atomic mass is 79.9. The molecule has 3 heteroatoms. The fraction of sp³-hybridized carbons (Fsp3) is 0.333. The van der Waals surface area contributed by atoms with Gasteiger partial charge in [0.05, 0.1) is 10.6 Å². The van der Waals surface area contributed by atoms with E-state index in [0.717, 1.165) is 6.42 Å². The molecule has 80 valence electrons. The average Bonchev–Trinajstić information content (AvgIpc) is 2.22. The van der Waals surface area contributed by atoms with Gasteiger partial charge in [0.2, 0.25) is 0 Å². The van der Waals surface area contributed by atoms with Gasteiger partial charge in [-0.1, -0.05) is 6.07 Å². The first-order chi connectivity index (χ1) is 7.15. The van der Waals surface area contributed by atoms with Crippen LogP contribution in [0.2, 0.25) is 0 Å². The molecule has 0 heterocycles. The Hall–Kier alpha value is -0.850. The molecule has 1 atom stereocenters. The van der Waals surface area contributed by atoms with Crippen LogP contribution in [0.1, 0.15) is 30.9 Å². The summed E-state index contributed by atoms with van der Waals surface area (Å²) in [7, 11) is 0. The summed E-state index contributed by atoms with van der Waals surface area (Å²) >= 11 is 3.06. The van der Waals surface area contributed by atoms with Crippen molar-refractivity contribution in [3.63, 3.8) is 0 Å². The number of hydrogen-bond donors (Lipinski definition) is 1. The molecule has 15 heavy (non-hydrogen) atoms. The van der Waals surface area contributed by atoms with E-state index in [-0.39, 0.29) is 5.82 Å². The molecule has 1 aromatic carbocycles.